The summed E-state index contributed by atoms with van der Waals surface area (Å²) in [6.07, 6.45) is 2.06. The number of nitrogens with zero attached hydrogens (tertiary/aromatic N) is 1. The first-order chi connectivity index (χ1) is 7.60. The molecule has 0 unspecified atom stereocenters. The Hall–Kier alpha value is -1.55. The highest BCUT2D eigenvalue weighted by atomic mass is 16.5. The number of rotatable bonds is 1. The molecule has 1 heterocycles. The van der Waals surface area contributed by atoms with Gasteiger partial charge in [0.05, 0.1) is 5.69 Å². The monoisotopic (exact) mass is 218 g/mol. The SMILES string of the molecule is CN1C(=O)COc2cc(C3(N)CC3)ccc21. The predicted octanol–water partition coefficient (Wildman–Crippen LogP) is 0.990. The zero-order valence-electron chi connectivity index (χ0n) is 9.19. The number of hydrogen-bond acceptors (Lipinski definition) is 3. The Bertz CT molecular complexity index is 466. The summed E-state index contributed by atoms with van der Waals surface area (Å²) in [4.78, 5) is 13.1. The molecule has 1 aliphatic heterocycles. The second-order valence-corrected chi connectivity index (χ2v) is 4.58. The van der Waals surface area contributed by atoms with Gasteiger partial charge in [0.2, 0.25) is 0 Å². The first-order valence-corrected chi connectivity index (χ1v) is 5.43. The fraction of sp³-hybridized carbons (Fsp3) is 0.417. The molecule has 0 spiro atoms. The number of amides is 1. The summed E-state index contributed by atoms with van der Waals surface area (Å²) < 4.78 is 5.42. The summed E-state index contributed by atoms with van der Waals surface area (Å²) in [5.74, 6) is 0.741. The van der Waals surface area contributed by atoms with Crippen LogP contribution >= 0.6 is 0 Å². The second-order valence-electron chi connectivity index (χ2n) is 4.58. The minimum absolute atomic E-state index is 0.0193. The molecule has 0 aromatic heterocycles. The van der Waals surface area contributed by atoms with Crippen LogP contribution in [0.3, 0.4) is 0 Å². The molecule has 1 aliphatic carbocycles. The molecule has 1 saturated carbocycles. The first-order valence-electron chi connectivity index (χ1n) is 5.43. The lowest BCUT2D eigenvalue weighted by Gasteiger charge is -2.26. The third kappa shape index (κ3) is 1.30. The van der Waals surface area contributed by atoms with E-state index in [1.807, 2.05) is 18.2 Å². The zero-order chi connectivity index (χ0) is 11.3. The van der Waals surface area contributed by atoms with Gasteiger partial charge in [0, 0.05) is 12.6 Å². The summed E-state index contributed by atoms with van der Waals surface area (Å²) in [5, 5.41) is 0. The summed E-state index contributed by atoms with van der Waals surface area (Å²) >= 11 is 0. The minimum Gasteiger partial charge on any atom is -0.482 e. The van der Waals surface area contributed by atoms with Crippen molar-refractivity contribution >= 4 is 11.6 Å². The Labute approximate surface area is 94.0 Å². The maximum Gasteiger partial charge on any atom is 0.264 e. The van der Waals surface area contributed by atoms with Crippen LogP contribution in [-0.4, -0.2) is 19.6 Å². The van der Waals surface area contributed by atoms with Gasteiger partial charge < -0.3 is 15.4 Å². The molecule has 4 nitrogen and oxygen atoms in total. The highest BCUT2D eigenvalue weighted by molar-refractivity contribution is 5.97. The summed E-state index contributed by atoms with van der Waals surface area (Å²) in [6, 6.07) is 5.87. The normalized spacial score (nSPS) is 21.4. The van der Waals surface area contributed by atoms with E-state index in [0.29, 0.717) is 0 Å². The highest BCUT2D eigenvalue weighted by Crippen LogP contribution is 2.45. The maximum absolute atomic E-state index is 11.4. The second kappa shape index (κ2) is 2.98. The first kappa shape index (κ1) is 9.66. The molecule has 2 aliphatic rings. The molecule has 1 fully saturated rings. The number of carbonyl (C=O) groups excluding carboxylic acids is 1. The van der Waals surface area contributed by atoms with Crippen LogP contribution in [0.4, 0.5) is 5.69 Å². The van der Waals surface area contributed by atoms with E-state index < -0.39 is 0 Å². The van der Waals surface area contributed by atoms with Crippen molar-refractivity contribution in [3.05, 3.63) is 23.8 Å². The van der Waals surface area contributed by atoms with Gasteiger partial charge in [0.15, 0.2) is 6.61 Å². The van der Waals surface area contributed by atoms with E-state index in [1.54, 1.807) is 11.9 Å². The molecular formula is C12H14N2O2. The van der Waals surface area contributed by atoms with E-state index >= 15 is 0 Å². The molecule has 2 N–H and O–H groups in total. The topological polar surface area (TPSA) is 55.6 Å². The number of likely N-dealkylation sites (N-methyl/N-ethyl adjacent to an activating group) is 1. The third-order valence-corrected chi connectivity index (χ3v) is 3.41. The van der Waals surface area contributed by atoms with E-state index in [1.165, 1.54) is 0 Å². The number of hydrogen-bond donors (Lipinski definition) is 1. The van der Waals surface area contributed by atoms with Crippen molar-refractivity contribution in [1.82, 2.24) is 0 Å². The van der Waals surface area contributed by atoms with Crippen molar-refractivity contribution in [2.45, 2.75) is 18.4 Å². The Morgan fingerprint density at radius 3 is 2.88 bits per heavy atom. The van der Waals surface area contributed by atoms with Gasteiger partial charge in [-0.1, -0.05) is 6.07 Å². The number of benzene rings is 1. The molecule has 84 valence electrons. The standard InChI is InChI=1S/C12H14N2O2/c1-14-9-3-2-8(12(13)4-5-12)6-10(9)16-7-11(14)15/h2-3,6H,4-5,7,13H2,1H3. The number of carbonyl (C=O) groups is 1. The van der Waals surface area contributed by atoms with Crippen LogP contribution in [-0.2, 0) is 10.3 Å². The van der Waals surface area contributed by atoms with E-state index in [0.717, 1.165) is 29.8 Å². The van der Waals surface area contributed by atoms with E-state index in [2.05, 4.69) is 0 Å². The van der Waals surface area contributed by atoms with E-state index in [9.17, 15) is 4.79 Å². The third-order valence-electron chi connectivity index (χ3n) is 3.41. The molecule has 0 atom stereocenters. The average Bonchev–Trinajstić information content (AvgIpc) is 3.03. The smallest absolute Gasteiger partial charge is 0.264 e. The molecule has 16 heavy (non-hydrogen) atoms. The molecule has 4 heteroatoms. The zero-order valence-corrected chi connectivity index (χ0v) is 9.19. The predicted molar refractivity (Wildman–Crippen MR) is 60.4 cm³/mol. The van der Waals surface area contributed by atoms with Crippen LogP contribution < -0.4 is 15.4 Å². The Morgan fingerprint density at radius 2 is 2.19 bits per heavy atom. The molecule has 3 rings (SSSR count). The van der Waals surface area contributed by atoms with Crippen molar-refractivity contribution in [3.8, 4) is 5.75 Å². The Balaban J connectivity index is 2.03. The van der Waals surface area contributed by atoms with Gasteiger partial charge in [0.25, 0.3) is 5.91 Å². The van der Waals surface area contributed by atoms with Gasteiger partial charge >= 0.3 is 0 Å². The van der Waals surface area contributed by atoms with Crippen LogP contribution in [0.2, 0.25) is 0 Å². The lowest BCUT2D eigenvalue weighted by molar-refractivity contribution is -0.120. The van der Waals surface area contributed by atoms with Crippen molar-refractivity contribution in [2.75, 3.05) is 18.6 Å². The largest absolute Gasteiger partial charge is 0.482 e. The summed E-state index contributed by atoms with van der Waals surface area (Å²) in [5.41, 5.74) is 7.90. The fourth-order valence-corrected chi connectivity index (χ4v) is 2.01. The molecule has 1 amide bonds. The van der Waals surface area contributed by atoms with Gasteiger partial charge in [-0.2, -0.15) is 0 Å². The number of ether oxygens (including phenoxy) is 1. The van der Waals surface area contributed by atoms with Crippen molar-refractivity contribution in [3.63, 3.8) is 0 Å². The van der Waals surface area contributed by atoms with Crippen LogP contribution in [0.25, 0.3) is 0 Å². The van der Waals surface area contributed by atoms with Gasteiger partial charge in [-0.3, -0.25) is 4.79 Å². The summed E-state index contributed by atoms with van der Waals surface area (Å²) in [6.45, 7) is 0.116. The van der Waals surface area contributed by atoms with Crippen LogP contribution in [0.15, 0.2) is 18.2 Å². The lowest BCUT2D eigenvalue weighted by Crippen LogP contribution is -2.35. The maximum atomic E-state index is 11.4. The lowest BCUT2D eigenvalue weighted by atomic mass is 10.0. The van der Waals surface area contributed by atoms with Gasteiger partial charge in [0.1, 0.15) is 5.75 Å². The summed E-state index contributed by atoms with van der Waals surface area (Å²) in [7, 11) is 1.76. The fourth-order valence-electron chi connectivity index (χ4n) is 2.01. The Kier molecular flexibility index (Phi) is 1.80. The van der Waals surface area contributed by atoms with Crippen molar-refractivity contribution in [2.24, 2.45) is 5.73 Å². The van der Waals surface area contributed by atoms with Crippen molar-refractivity contribution in [1.29, 1.82) is 0 Å². The quantitative estimate of drug-likeness (QED) is 0.764. The average molecular weight is 218 g/mol. The van der Waals surface area contributed by atoms with E-state index in [-0.39, 0.29) is 18.1 Å². The molecule has 0 saturated heterocycles. The number of nitrogens with two attached hydrogens (primary N) is 1. The molecular weight excluding hydrogens is 204 g/mol. The molecule has 0 bridgehead atoms. The molecule has 1 aromatic carbocycles. The van der Waals surface area contributed by atoms with Crippen molar-refractivity contribution < 1.29 is 9.53 Å². The van der Waals surface area contributed by atoms with E-state index in [4.69, 9.17) is 10.5 Å². The van der Waals surface area contributed by atoms with Crippen LogP contribution in [0.5, 0.6) is 5.75 Å². The van der Waals surface area contributed by atoms with Gasteiger partial charge in [-0.15, -0.1) is 0 Å². The highest BCUT2D eigenvalue weighted by Gasteiger charge is 2.40. The van der Waals surface area contributed by atoms with Gasteiger partial charge in [-0.05, 0) is 30.5 Å². The Morgan fingerprint density at radius 1 is 1.44 bits per heavy atom. The molecule has 0 radical (unpaired) electrons. The van der Waals surface area contributed by atoms with Gasteiger partial charge in [-0.25, -0.2) is 0 Å². The molecule has 1 aromatic rings. The van der Waals surface area contributed by atoms with Crippen LogP contribution in [0.1, 0.15) is 18.4 Å². The number of fused-ring (bicyclic) bond motifs is 1. The minimum atomic E-state index is -0.154. The number of anilines is 1. The van der Waals surface area contributed by atoms with Crippen LogP contribution in [0, 0.1) is 0 Å².